The van der Waals surface area contributed by atoms with Crippen molar-refractivity contribution in [1.29, 1.82) is 5.26 Å². The highest BCUT2D eigenvalue weighted by molar-refractivity contribution is 5.93. The molecular weight excluding hydrogens is 491 g/mol. The normalized spacial score (nSPS) is 15.4. The molecule has 2 heterocycles. The zero-order valence-corrected chi connectivity index (χ0v) is 19.8. The average Bonchev–Trinajstić information content (AvgIpc) is 3.26. The molecule has 0 saturated heterocycles. The molecule has 37 heavy (non-hydrogen) atoms. The number of aromatic amines is 1. The minimum absolute atomic E-state index is 0.00543. The van der Waals surface area contributed by atoms with Crippen molar-refractivity contribution >= 4 is 17.6 Å². The monoisotopic (exact) mass is 513 g/mol. The summed E-state index contributed by atoms with van der Waals surface area (Å²) in [6, 6.07) is 10.2. The van der Waals surface area contributed by atoms with Gasteiger partial charge in [-0.25, -0.2) is 19.3 Å². The van der Waals surface area contributed by atoms with Crippen LogP contribution in [-0.4, -0.2) is 39.6 Å². The number of nitrogens with one attached hydrogen (secondary N) is 1. The van der Waals surface area contributed by atoms with Crippen LogP contribution in [0.15, 0.2) is 58.5 Å². The molecular formula is C25H22F3N5O4. The minimum Gasteiger partial charge on any atom is -0.466 e. The van der Waals surface area contributed by atoms with Crippen molar-refractivity contribution in [1.82, 2.24) is 14.8 Å². The summed E-state index contributed by atoms with van der Waals surface area (Å²) >= 11 is 0. The van der Waals surface area contributed by atoms with Gasteiger partial charge in [-0.15, -0.1) is 5.10 Å². The fraction of sp³-hybridized carbons (Fsp3) is 0.280. The molecule has 0 radical (unpaired) electrons. The first-order valence-corrected chi connectivity index (χ1v) is 11.2. The number of aryl methyl sites for hydroxylation is 1. The molecule has 0 spiro atoms. The summed E-state index contributed by atoms with van der Waals surface area (Å²) < 4.78 is 46.6. The van der Waals surface area contributed by atoms with E-state index in [9.17, 15) is 33.1 Å². The van der Waals surface area contributed by atoms with Crippen molar-refractivity contribution < 1.29 is 27.8 Å². The van der Waals surface area contributed by atoms with Gasteiger partial charge in [0, 0.05) is 18.0 Å². The first kappa shape index (κ1) is 25.7. The van der Waals surface area contributed by atoms with E-state index in [4.69, 9.17) is 4.74 Å². The number of aliphatic hydroxyl groups excluding tert-OH is 1. The largest absolute Gasteiger partial charge is 0.466 e. The van der Waals surface area contributed by atoms with Crippen LogP contribution in [0.2, 0.25) is 0 Å². The van der Waals surface area contributed by atoms with Gasteiger partial charge in [-0.2, -0.15) is 18.4 Å². The zero-order valence-electron chi connectivity index (χ0n) is 19.8. The third kappa shape index (κ3) is 4.61. The van der Waals surface area contributed by atoms with Gasteiger partial charge in [-0.05, 0) is 61.2 Å². The quantitative estimate of drug-likeness (QED) is 0.483. The van der Waals surface area contributed by atoms with Crippen molar-refractivity contribution in [2.75, 3.05) is 18.6 Å². The number of fused-ring (bicyclic) bond motifs is 1. The Morgan fingerprint density at radius 2 is 2.03 bits per heavy atom. The Balaban J connectivity index is 2.01. The first-order chi connectivity index (χ1) is 17.6. The van der Waals surface area contributed by atoms with Crippen molar-refractivity contribution in [3.05, 3.63) is 86.5 Å². The topological polar surface area (TPSA) is 124 Å². The predicted molar refractivity (Wildman–Crippen MR) is 126 cm³/mol. The van der Waals surface area contributed by atoms with Crippen molar-refractivity contribution in [2.45, 2.75) is 32.0 Å². The molecule has 0 amide bonds. The lowest BCUT2D eigenvalue weighted by Crippen LogP contribution is -2.38. The molecule has 12 heteroatoms. The molecule has 0 bridgehead atoms. The number of nitriles is 1. The van der Waals surface area contributed by atoms with Gasteiger partial charge in [0.2, 0.25) is 5.95 Å². The fourth-order valence-electron chi connectivity index (χ4n) is 4.51. The number of methoxy groups -OCH3 is 1. The number of nitrogens with zero attached hydrogens (tertiary/aromatic N) is 4. The van der Waals surface area contributed by atoms with Crippen LogP contribution < -0.4 is 10.6 Å². The van der Waals surface area contributed by atoms with E-state index in [1.807, 2.05) is 6.07 Å². The van der Waals surface area contributed by atoms with Crippen molar-refractivity contribution in [3.8, 4) is 6.07 Å². The lowest BCUT2D eigenvalue weighted by molar-refractivity contribution is -0.138. The van der Waals surface area contributed by atoms with Gasteiger partial charge in [-0.3, -0.25) is 4.90 Å². The molecule has 0 fully saturated rings. The number of H-pyrrole nitrogens is 1. The molecule has 1 aromatic heterocycles. The number of benzene rings is 2. The van der Waals surface area contributed by atoms with Crippen LogP contribution in [0.5, 0.6) is 0 Å². The number of rotatable bonds is 6. The Morgan fingerprint density at radius 1 is 1.27 bits per heavy atom. The molecule has 9 nitrogen and oxygen atoms in total. The highest BCUT2D eigenvalue weighted by atomic mass is 19.4. The average molecular weight is 513 g/mol. The maximum Gasteiger partial charge on any atom is 0.416 e. The molecule has 2 N–H and O–H groups in total. The Kier molecular flexibility index (Phi) is 6.91. The summed E-state index contributed by atoms with van der Waals surface area (Å²) in [4.78, 5) is 27.4. The zero-order chi connectivity index (χ0) is 26.9. The maximum atomic E-state index is 13.5. The number of aliphatic hydroxyl groups is 1. The van der Waals surface area contributed by atoms with Crippen LogP contribution in [-0.2, 0) is 22.1 Å². The van der Waals surface area contributed by atoms with Gasteiger partial charge in [-0.1, -0.05) is 12.1 Å². The molecule has 192 valence electrons. The minimum atomic E-state index is -4.62. The van der Waals surface area contributed by atoms with Gasteiger partial charge < -0.3 is 9.84 Å². The van der Waals surface area contributed by atoms with E-state index in [-0.39, 0.29) is 29.5 Å². The van der Waals surface area contributed by atoms with Gasteiger partial charge in [0.15, 0.2) is 0 Å². The van der Waals surface area contributed by atoms with E-state index < -0.39 is 29.4 Å². The number of carbonyl (C=O) groups excluding carboxylic acids is 1. The SMILES string of the molecule is COC(=O)C1=C(C)N(c2cccc(C(F)(F)F)c2)c2n[nH]c(=O)n2[C@@H]1c1ccc(C#N)cc1CCCO. The number of allylic oxidation sites excluding steroid dienone is 1. The summed E-state index contributed by atoms with van der Waals surface area (Å²) in [6.07, 6.45) is -3.93. The van der Waals surface area contributed by atoms with Crippen molar-refractivity contribution in [2.24, 2.45) is 0 Å². The van der Waals surface area contributed by atoms with Gasteiger partial charge in [0.1, 0.15) is 6.04 Å². The molecule has 4 rings (SSSR count). The number of hydrogen-bond donors (Lipinski definition) is 2. The number of hydrogen-bond acceptors (Lipinski definition) is 7. The molecule has 1 aliphatic rings. The van der Waals surface area contributed by atoms with Crippen LogP contribution >= 0.6 is 0 Å². The highest BCUT2D eigenvalue weighted by Crippen LogP contribution is 2.43. The number of alkyl halides is 3. The lowest BCUT2D eigenvalue weighted by Gasteiger charge is -2.36. The van der Waals surface area contributed by atoms with E-state index >= 15 is 0 Å². The fourth-order valence-corrected chi connectivity index (χ4v) is 4.51. The Hall–Kier alpha value is -4.37. The second kappa shape index (κ2) is 9.94. The second-order valence-corrected chi connectivity index (χ2v) is 8.33. The van der Waals surface area contributed by atoms with Gasteiger partial charge >= 0.3 is 17.8 Å². The van der Waals surface area contributed by atoms with Gasteiger partial charge in [0.05, 0.1) is 29.9 Å². The smallest absolute Gasteiger partial charge is 0.416 e. The van der Waals surface area contributed by atoms with Crippen LogP contribution in [0, 0.1) is 11.3 Å². The molecule has 0 unspecified atom stereocenters. The Bertz CT molecular complexity index is 1480. The van der Waals surface area contributed by atoms with E-state index in [2.05, 4.69) is 10.2 Å². The number of ether oxygens (including phenoxy) is 1. The number of esters is 1. The molecule has 0 aliphatic carbocycles. The lowest BCUT2D eigenvalue weighted by atomic mass is 9.88. The molecule has 1 aliphatic heterocycles. The standard InChI is InChI=1S/C25H22F3N5O4/c1-14-20(22(35)37-2)21(19-9-8-15(13-29)11-16(19)5-4-10-34)33-23(30-31-24(33)36)32(14)18-7-3-6-17(12-18)25(26,27)28/h3,6-9,11-12,21,34H,4-5,10H2,1-2H3,(H,31,36)/t21-/m1/s1. The van der Waals surface area contributed by atoms with Crippen LogP contribution in [0.1, 0.15) is 41.6 Å². The van der Waals surface area contributed by atoms with E-state index in [1.54, 1.807) is 12.1 Å². The van der Waals surface area contributed by atoms with Gasteiger partial charge in [0.25, 0.3) is 0 Å². The summed E-state index contributed by atoms with van der Waals surface area (Å²) in [6.45, 7) is 1.40. The Labute approximate surface area is 209 Å². The third-order valence-electron chi connectivity index (χ3n) is 6.15. The first-order valence-electron chi connectivity index (χ1n) is 11.2. The molecule has 3 aromatic rings. The molecule has 2 aromatic carbocycles. The molecule has 0 saturated carbocycles. The molecule has 1 atom stereocenters. The van der Waals surface area contributed by atoms with Crippen LogP contribution in [0.25, 0.3) is 0 Å². The third-order valence-corrected chi connectivity index (χ3v) is 6.15. The van der Waals surface area contributed by atoms with E-state index in [0.29, 0.717) is 29.5 Å². The van der Waals surface area contributed by atoms with E-state index in [0.717, 1.165) is 19.2 Å². The van der Waals surface area contributed by atoms with Crippen LogP contribution in [0.4, 0.5) is 24.8 Å². The predicted octanol–water partition coefficient (Wildman–Crippen LogP) is 3.57. The summed E-state index contributed by atoms with van der Waals surface area (Å²) in [5.41, 5.74) is 0.0714. The maximum absolute atomic E-state index is 13.5. The van der Waals surface area contributed by atoms with E-state index in [1.165, 1.54) is 34.6 Å². The number of anilines is 2. The summed E-state index contributed by atoms with van der Waals surface area (Å²) in [5, 5.41) is 25.2. The van der Waals surface area contributed by atoms with Crippen molar-refractivity contribution in [3.63, 3.8) is 0 Å². The Morgan fingerprint density at radius 3 is 2.68 bits per heavy atom. The highest BCUT2D eigenvalue weighted by Gasteiger charge is 2.40. The second-order valence-electron chi connectivity index (χ2n) is 8.33. The number of carbonyl (C=O) groups is 1. The number of aromatic nitrogens is 3. The summed E-state index contributed by atoms with van der Waals surface area (Å²) in [5.74, 6) is -0.826. The van der Waals surface area contributed by atoms with Crippen LogP contribution in [0.3, 0.4) is 0 Å². The summed E-state index contributed by atoms with van der Waals surface area (Å²) in [7, 11) is 1.16. The number of halogens is 3.